The molecule has 0 amide bonds. The first-order valence-corrected chi connectivity index (χ1v) is 12.1. The summed E-state index contributed by atoms with van der Waals surface area (Å²) in [4.78, 5) is 26.7. The minimum Gasteiger partial charge on any atom is -0.454 e. The van der Waals surface area contributed by atoms with Gasteiger partial charge >= 0.3 is 5.97 Å². The van der Waals surface area contributed by atoms with E-state index in [4.69, 9.17) is 4.74 Å². The third kappa shape index (κ3) is 5.32. The number of esters is 1. The standard InChI is InChI=1S/C25H23FN2O5S/c26-21-11-9-19(10-12-21)24(29)18-33-25(30)20-5-4-8-23(17-20)34(31,32)28-15-13-27(14-16-28)22-6-2-1-3-7-22/h1-12,17H,13-16,18H2. The number of halogens is 1. The Hall–Kier alpha value is -3.56. The lowest BCUT2D eigenvalue weighted by Gasteiger charge is -2.35. The van der Waals surface area contributed by atoms with Crippen LogP contribution >= 0.6 is 0 Å². The van der Waals surface area contributed by atoms with Gasteiger partial charge in [-0.3, -0.25) is 4.79 Å². The number of nitrogens with zero attached hydrogens (tertiary/aromatic N) is 2. The molecule has 7 nitrogen and oxygen atoms in total. The van der Waals surface area contributed by atoms with Crippen LogP contribution < -0.4 is 4.90 Å². The van der Waals surface area contributed by atoms with Gasteiger partial charge in [0.1, 0.15) is 5.82 Å². The number of ketones is 1. The summed E-state index contributed by atoms with van der Waals surface area (Å²) in [6.07, 6.45) is 0. The van der Waals surface area contributed by atoms with E-state index < -0.39 is 34.2 Å². The second-order valence-electron chi connectivity index (χ2n) is 7.76. The number of Topliss-reactive ketones (excluding diaryl/α,β-unsaturated/α-hetero) is 1. The lowest BCUT2D eigenvalue weighted by atomic mass is 10.1. The zero-order valence-corrected chi connectivity index (χ0v) is 19.1. The van der Waals surface area contributed by atoms with Crippen LogP contribution in [0.1, 0.15) is 20.7 Å². The van der Waals surface area contributed by atoms with E-state index in [2.05, 4.69) is 4.90 Å². The van der Waals surface area contributed by atoms with Gasteiger partial charge in [0.2, 0.25) is 10.0 Å². The molecule has 1 saturated heterocycles. The maximum Gasteiger partial charge on any atom is 0.338 e. The summed E-state index contributed by atoms with van der Waals surface area (Å²) in [6, 6.07) is 20.2. The number of ether oxygens (including phenoxy) is 1. The van der Waals surface area contributed by atoms with Crippen LogP contribution in [0.4, 0.5) is 10.1 Å². The number of hydrogen-bond donors (Lipinski definition) is 0. The van der Waals surface area contributed by atoms with Crippen molar-refractivity contribution < 1.29 is 27.1 Å². The van der Waals surface area contributed by atoms with Crippen LogP contribution in [0.15, 0.2) is 83.8 Å². The SMILES string of the molecule is O=C(COC(=O)c1cccc(S(=O)(=O)N2CCN(c3ccccc3)CC2)c1)c1ccc(F)cc1. The molecule has 34 heavy (non-hydrogen) atoms. The molecular weight excluding hydrogens is 459 g/mol. The summed E-state index contributed by atoms with van der Waals surface area (Å²) < 4.78 is 45.8. The van der Waals surface area contributed by atoms with Crippen molar-refractivity contribution in [2.75, 3.05) is 37.7 Å². The normalized spacial score (nSPS) is 14.6. The van der Waals surface area contributed by atoms with E-state index in [1.165, 1.54) is 40.7 Å². The number of hydrogen-bond acceptors (Lipinski definition) is 6. The lowest BCUT2D eigenvalue weighted by molar-refractivity contribution is 0.0474. The maximum atomic E-state index is 13.2. The van der Waals surface area contributed by atoms with E-state index in [1.54, 1.807) is 0 Å². The van der Waals surface area contributed by atoms with Crippen molar-refractivity contribution in [2.24, 2.45) is 0 Å². The van der Waals surface area contributed by atoms with Gasteiger partial charge in [-0.1, -0.05) is 24.3 Å². The number of para-hydroxylation sites is 1. The molecular formula is C25H23FN2O5S. The Morgan fingerprint density at radius 2 is 1.50 bits per heavy atom. The molecule has 1 heterocycles. The fourth-order valence-electron chi connectivity index (χ4n) is 3.69. The van der Waals surface area contributed by atoms with Gasteiger partial charge in [-0.15, -0.1) is 0 Å². The molecule has 176 valence electrons. The number of carbonyl (C=O) groups excluding carboxylic acids is 2. The summed E-state index contributed by atoms with van der Waals surface area (Å²) >= 11 is 0. The summed E-state index contributed by atoms with van der Waals surface area (Å²) in [5.41, 5.74) is 1.27. The quantitative estimate of drug-likeness (QED) is 0.379. The lowest BCUT2D eigenvalue weighted by Crippen LogP contribution is -2.48. The van der Waals surface area contributed by atoms with Gasteiger partial charge in [0, 0.05) is 37.4 Å². The van der Waals surface area contributed by atoms with Gasteiger partial charge in [0.05, 0.1) is 10.5 Å². The van der Waals surface area contributed by atoms with E-state index in [0.717, 1.165) is 17.8 Å². The molecule has 0 aliphatic carbocycles. The maximum absolute atomic E-state index is 13.2. The van der Waals surface area contributed by atoms with E-state index in [-0.39, 0.29) is 16.0 Å². The Bertz CT molecular complexity index is 1270. The third-order valence-corrected chi connectivity index (χ3v) is 7.46. The number of anilines is 1. The van der Waals surface area contributed by atoms with E-state index in [1.807, 2.05) is 30.3 Å². The van der Waals surface area contributed by atoms with Crippen molar-refractivity contribution in [3.63, 3.8) is 0 Å². The Balaban J connectivity index is 1.39. The smallest absolute Gasteiger partial charge is 0.338 e. The monoisotopic (exact) mass is 482 g/mol. The van der Waals surface area contributed by atoms with Crippen molar-refractivity contribution in [1.29, 1.82) is 0 Å². The second-order valence-corrected chi connectivity index (χ2v) is 9.70. The topological polar surface area (TPSA) is 84.0 Å². The Morgan fingerprint density at radius 1 is 0.824 bits per heavy atom. The minimum absolute atomic E-state index is 0.0139. The van der Waals surface area contributed by atoms with Crippen molar-refractivity contribution in [2.45, 2.75) is 4.90 Å². The molecule has 1 aliphatic heterocycles. The summed E-state index contributed by atoms with van der Waals surface area (Å²) in [5, 5.41) is 0. The van der Waals surface area contributed by atoms with Crippen LogP contribution in [0, 0.1) is 5.82 Å². The molecule has 3 aromatic carbocycles. The minimum atomic E-state index is -3.81. The predicted molar refractivity (Wildman–Crippen MR) is 125 cm³/mol. The number of carbonyl (C=O) groups is 2. The highest BCUT2D eigenvalue weighted by Crippen LogP contribution is 2.22. The zero-order valence-electron chi connectivity index (χ0n) is 18.3. The van der Waals surface area contributed by atoms with Crippen molar-refractivity contribution in [3.8, 4) is 0 Å². The van der Waals surface area contributed by atoms with Crippen molar-refractivity contribution >= 4 is 27.5 Å². The third-order valence-electron chi connectivity index (χ3n) is 5.57. The Morgan fingerprint density at radius 3 is 2.18 bits per heavy atom. The number of benzene rings is 3. The van der Waals surface area contributed by atoms with Crippen LogP contribution in [-0.2, 0) is 14.8 Å². The summed E-state index contributed by atoms with van der Waals surface area (Å²) in [6.45, 7) is 1.20. The van der Waals surface area contributed by atoms with Crippen LogP contribution in [-0.4, -0.2) is 57.3 Å². The van der Waals surface area contributed by atoms with E-state index in [0.29, 0.717) is 26.2 Å². The zero-order chi connectivity index (χ0) is 24.1. The second kappa shape index (κ2) is 10.1. The predicted octanol–water partition coefficient (Wildman–Crippen LogP) is 3.38. The van der Waals surface area contributed by atoms with Crippen molar-refractivity contribution in [1.82, 2.24) is 4.31 Å². The van der Waals surface area contributed by atoms with E-state index >= 15 is 0 Å². The molecule has 0 N–H and O–H groups in total. The molecule has 0 radical (unpaired) electrons. The molecule has 0 spiro atoms. The molecule has 3 aromatic rings. The van der Waals surface area contributed by atoms with Gasteiger partial charge in [-0.2, -0.15) is 4.31 Å². The highest BCUT2D eigenvalue weighted by atomic mass is 32.2. The molecule has 0 saturated carbocycles. The molecule has 0 aromatic heterocycles. The van der Waals surface area contributed by atoms with E-state index in [9.17, 15) is 22.4 Å². The van der Waals surface area contributed by atoms with Crippen LogP contribution in [0.25, 0.3) is 0 Å². The number of sulfonamides is 1. The molecule has 1 aliphatic rings. The fourth-order valence-corrected chi connectivity index (χ4v) is 5.16. The first kappa shape index (κ1) is 23.6. The number of piperazine rings is 1. The van der Waals surface area contributed by atoms with Gasteiger partial charge < -0.3 is 9.64 Å². The van der Waals surface area contributed by atoms with Crippen LogP contribution in [0.2, 0.25) is 0 Å². The number of rotatable bonds is 7. The molecule has 0 unspecified atom stereocenters. The van der Waals surface area contributed by atoms with Gasteiger partial charge in [-0.25, -0.2) is 17.6 Å². The first-order chi connectivity index (χ1) is 16.3. The largest absolute Gasteiger partial charge is 0.454 e. The first-order valence-electron chi connectivity index (χ1n) is 10.7. The summed E-state index contributed by atoms with van der Waals surface area (Å²) in [7, 11) is -3.81. The van der Waals surface area contributed by atoms with Gasteiger partial charge in [-0.05, 0) is 54.6 Å². The average Bonchev–Trinajstić information content (AvgIpc) is 2.88. The highest BCUT2D eigenvalue weighted by molar-refractivity contribution is 7.89. The van der Waals surface area contributed by atoms with Crippen LogP contribution in [0.3, 0.4) is 0 Å². The Labute approximate surface area is 197 Å². The molecule has 1 fully saturated rings. The highest BCUT2D eigenvalue weighted by Gasteiger charge is 2.29. The molecule has 0 atom stereocenters. The Kier molecular flexibility index (Phi) is 7.04. The van der Waals surface area contributed by atoms with Crippen LogP contribution in [0.5, 0.6) is 0 Å². The van der Waals surface area contributed by atoms with Gasteiger partial charge in [0.15, 0.2) is 12.4 Å². The molecule has 0 bridgehead atoms. The molecule has 4 rings (SSSR count). The average molecular weight is 483 g/mol. The molecule has 9 heteroatoms. The summed E-state index contributed by atoms with van der Waals surface area (Å²) in [5.74, 6) is -1.79. The van der Waals surface area contributed by atoms with Crippen molar-refractivity contribution in [3.05, 3.63) is 95.8 Å². The van der Waals surface area contributed by atoms with Gasteiger partial charge in [0.25, 0.3) is 0 Å². The fraction of sp³-hybridized carbons (Fsp3) is 0.200.